The van der Waals surface area contributed by atoms with E-state index in [9.17, 15) is 13.2 Å². The molecule has 1 aliphatic heterocycles. The third-order valence-corrected chi connectivity index (χ3v) is 10.1. The quantitative estimate of drug-likeness (QED) is 0.289. The van der Waals surface area contributed by atoms with E-state index in [1.165, 1.54) is 11.3 Å². The van der Waals surface area contributed by atoms with Gasteiger partial charge in [0.1, 0.15) is 0 Å². The van der Waals surface area contributed by atoms with Gasteiger partial charge in [0.05, 0.1) is 15.1 Å². The molecule has 11 heteroatoms. The molecule has 1 fully saturated rings. The number of amides is 1. The van der Waals surface area contributed by atoms with Gasteiger partial charge in [-0.2, -0.15) is 4.31 Å². The lowest BCUT2D eigenvalue weighted by Gasteiger charge is -2.25. The van der Waals surface area contributed by atoms with Gasteiger partial charge < -0.3 is 4.90 Å². The molecule has 0 aliphatic carbocycles. The van der Waals surface area contributed by atoms with Crippen molar-refractivity contribution >= 4 is 71.0 Å². The number of sulfonamides is 1. The molecule has 0 spiro atoms. The predicted octanol–water partition coefficient (Wildman–Crippen LogP) is 6.03. The summed E-state index contributed by atoms with van der Waals surface area (Å²) in [6, 6.07) is 12.3. The lowest BCUT2D eigenvalue weighted by Crippen LogP contribution is -2.39. The van der Waals surface area contributed by atoms with E-state index in [1.807, 2.05) is 18.2 Å². The summed E-state index contributed by atoms with van der Waals surface area (Å²) in [5, 5.41) is 0.640. The SMILES string of the molecule is CCN(CC)CCN(C(=O)c1ccc(S(=O)(=O)N2CCCCCC2)cc1)c1nc2ccc(Br)cc2s1.Cl. The molecule has 0 atom stereocenters. The first kappa shape index (κ1) is 30.0. The van der Waals surface area contributed by atoms with Crippen molar-refractivity contribution in [1.82, 2.24) is 14.2 Å². The summed E-state index contributed by atoms with van der Waals surface area (Å²) in [5.74, 6) is -0.181. The van der Waals surface area contributed by atoms with E-state index >= 15 is 0 Å². The van der Waals surface area contributed by atoms with Crippen LogP contribution in [0.1, 0.15) is 49.9 Å². The van der Waals surface area contributed by atoms with E-state index in [1.54, 1.807) is 33.5 Å². The molecule has 1 saturated heterocycles. The van der Waals surface area contributed by atoms with Gasteiger partial charge in [-0.05, 0) is 68.4 Å². The lowest BCUT2D eigenvalue weighted by molar-refractivity contribution is 0.0983. The maximum absolute atomic E-state index is 13.7. The van der Waals surface area contributed by atoms with Crippen molar-refractivity contribution in [2.24, 2.45) is 0 Å². The third kappa shape index (κ3) is 7.10. The Labute approximate surface area is 238 Å². The second-order valence-electron chi connectivity index (χ2n) is 8.93. The Hall–Kier alpha value is -1.56. The standard InChI is InChI=1S/C26H33BrN4O3S2.ClH/c1-3-29(4-2)17-18-31(26-28-23-14-11-21(27)19-24(23)35-26)25(32)20-9-12-22(13-10-20)36(33,34)30-15-7-5-6-8-16-30;/h9-14,19H,3-8,15-18H2,1-2H3;1H. The summed E-state index contributed by atoms with van der Waals surface area (Å²) >= 11 is 4.99. The van der Waals surface area contributed by atoms with Crippen molar-refractivity contribution in [2.75, 3.05) is 44.2 Å². The number of fused-ring (bicyclic) bond motifs is 1. The van der Waals surface area contributed by atoms with Gasteiger partial charge in [0.25, 0.3) is 5.91 Å². The maximum Gasteiger partial charge on any atom is 0.260 e. The van der Waals surface area contributed by atoms with E-state index in [0.29, 0.717) is 30.3 Å². The second-order valence-corrected chi connectivity index (χ2v) is 12.8. The van der Waals surface area contributed by atoms with Crippen molar-refractivity contribution in [3.05, 3.63) is 52.5 Å². The summed E-state index contributed by atoms with van der Waals surface area (Å²) in [4.78, 5) is 22.6. The Balaban J connectivity index is 0.00000380. The largest absolute Gasteiger partial charge is 0.302 e. The molecule has 202 valence electrons. The number of hydrogen-bond donors (Lipinski definition) is 0. The summed E-state index contributed by atoms with van der Waals surface area (Å²) < 4.78 is 29.9. The second kappa shape index (κ2) is 13.5. The Bertz CT molecular complexity index is 1290. The number of anilines is 1. The number of aromatic nitrogens is 1. The fraction of sp³-hybridized carbons (Fsp3) is 0.462. The first-order chi connectivity index (χ1) is 17.3. The zero-order valence-electron chi connectivity index (χ0n) is 21.2. The van der Waals surface area contributed by atoms with Crippen LogP contribution in [0, 0.1) is 0 Å². The van der Waals surface area contributed by atoms with Gasteiger partial charge in [-0.1, -0.05) is 54.0 Å². The van der Waals surface area contributed by atoms with Gasteiger partial charge in [-0.25, -0.2) is 13.4 Å². The van der Waals surface area contributed by atoms with E-state index < -0.39 is 10.0 Å². The number of carbonyl (C=O) groups is 1. The normalized spacial score (nSPS) is 14.9. The molecule has 2 aromatic carbocycles. The first-order valence-corrected chi connectivity index (χ1v) is 15.6. The minimum atomic E-state index is -3.56. The number of thiazole rings is 1. The molecule has 4 rings (SSSR count). The molecule has 1 amide bonds. The molecule has 7 nitrogen and oxygen atoms in total. The van der Waals surface area contributed by atoms with Crippen LogP contribution in [-0.2, 0) is 10.0 Å². The average molecular weight is 630 g/mol. The highest BCUT2D eigenvalue weighted by atomic mass is 79.9. The van der Waals surface area contributed by atoms with Crippen molar-refractivity contribution in [3.63, 3.8) is 0 Å². The third-order valence-electron chi connectivity index (χ3n) is 6.65. The van der Waals surface area contributed by atoms with E-state index in [-0.39, 0.29) is 23.2 Å². The summed E-state index contributed by atoms with van der Waals surface area (Å²) in [7, 11) is -3.56. The van der Waals surface area contributed by atoms with Crippen LogP contribution < -0.4 is 4.90 Å². The number of nitrogens with zero attached hydrogens (tertiary/aromatic N) is 4. The summed E-state index contributed by atoms with van der Waals surface area (Å²) in [5.41, 5.74) is 1.29. The molecule has 2 heterocycles. The molecule has 1 aromatic heterocycles. The fourth-order valence-corrected chi connectivity index (χ4v) is 7.48. The zero-order valence-corrected chi connectivity index (χ0v) is 25.3. The molecule has 0 bridgehead atoms. The van der Waals surface area contributed by atoms with Crippen LogP contribution in [0.2, 0.25) is 0 Å². The molecule has 3 aromatic rings. The van der Waals surface area contributed by atoms with Crippen LogP contribution in [-0.4, -0.2) is 67.8 Å². The van der Waals surface area contributed by atoms with Crippen LogP contribution >= 0.6 is 39.7 Å². The van der Waals surface area contributed by atoms with E-state index in [0.717, 1.165) is 60.0 Å². The topological polar surface area (TPSA) is 73.8 Å². The highest BCUT2D eigenvalue weighted by molar-refractivity contribution is 9.10. The van der Waals surface area contributed by atoms with Gasteiger partial charge in [-0.15, -0.1) is 12.4 Å². The molecule has 0 saturated carbocycles. The zero-order chi connectivity index (χ0) is 25.7. The highest BCUT2D eigenvalue weighted by Crippen LogP contribution is 2.32. The van der Waals surface area contributed by atoms with Crippen LogP contribution in [0.4, 0.5) is 5.13 Å². The number of benzene rings is 2. The Kier molecular flexibility index (Phi) is 10.9. The Morgan fingerprint density at radius 3 is 2.27 bits per heavy atom. The highest BCUT2D eigenvalue weighted by Gasteiger charge is 2.27. The number of carbonyl (C=O) groups excluding carboxylic acids is 1. The summed E-state index contributed by atoms with van der Waals surface area (Å²) in [6.07, 6.45) is 3.89. The first-order valence-electron chi connectivity index (χ1n) is 12.5. The monoisotopic (exact) mass is 628 g/mol. The van der Waals surface area contributed by atoms with Crippen LogP contribution in [0.15, 0.2) is 51.8 Å². The van der Waals surface area contributed by atoms with Gasteiger partial charge in [0, 0.05) is 36.2 Å². The molecule has 0 unspecified atom stereocenters. The van der Waals surface area contributed by atoms with Crippen molar-refractivity contribution in [1.29, 1.82) is 0 Å². The summed E-state index contributed by atoms with van der Waals surface area (Å²) in [6.45, 7) is 8.33. The molecular weight excluding hydrogens is 596 g/mol. The maximum atomic E-state index is 13.7. The molecule has 0 N–H and O–H groups in total. The van der Waals surface area contributed by atoms with Crippen LogP contribution in [0.5, 0.6) is 0 Å². The molecular formula is C26H34BrClN4O3S2. The Morgan fingerprint density at radius 1 is 1.00 bits per heavy atom. The number of rotatable bonds is 9. The molecule has 1 aliphatic rings. The van der Waals surface area contributed by atoms with Crippen molar-refractivity contribution in [2.45, 2.75) is 44.4 Å². The molecule has 0 radical (unpaired) electrons. The van der Waals surface area contributed by atoms with Gasteiger partial charge in [-0.3, -0.25) is 9.69 Å². The van der Waals surface area contributed by atoms with Crippen LogP contribution in [0.25, 0.3) is 10.2 Å². The van der Waals surface area contributed by atoms with Crippen LogP contribution in [0.3, 0.4) is 0 Å². The number of likely N-dealkylation sites (N-methyl/N-ethyl adjacent to an activating group) is 1. The average Bonchev–Trinajstić information content (AvgIpc) is 3.09. The minimum Gasteiger partial charge on any atom is -0.302 e. The minimum absolute atomic E-state index is 0. The number of halogens is 2. The van der Waals surface area contributed by atoms with Gasteiger partial charge >= 0.3 is 0 Å². The predicted molar refractivity (Wildman–Crippen MR) is 158 cm³/mol. The smallest absolute Gasteiger partial charge is 0.260 e. The van der Waals surface area contributed by atoms with Crippen molar-refractivity contribution < 1.29 is 13.2 Å². The van der Waals surface area contributed by atoms with Gasteiger partial charge in [0.2, 0.25) is 10.0 Å². The fourth-order valence-electron chi connectivity index (χ4n) is 4.42. The van der Waals surface area contributed by atoms with Crippen molar-refractivity contribution in [3.8, 4) is 0 Å². The van der Waals surface area contributed by atoms with E-state index in [2.05, 4.69) is 34.7 Å². The number of hydrogen-bond acceptors (Lipinski definition) is 6. The van der Waals surface area contributed by atoms with E-state index in [4.69, 9.17) is 4.98 Å². The van der Waals surface area contributed by atoms with Gasteiger partial charge in [0.15, 0.2) is 5.13 Å². The Morgan fingerprint density at radius 2 is 1.65 bits per heavy atom. The molecule has 37 heavy (non-hydrogen) atoms. The lowest BCUT2D eigenvalue weighted by atomic mass is 10.2.